The van der Waals surface area contributed by atoms with Crippen LogP contribution in [0, 0.1) is 0 Å². The van der Waals surface area contributed by atoms with Crippen LogP contribution in [-0.2, 0) is 0 Å². The molecule has 0 aliphatic heterocycles. The second-order valence-corrected chi connectivity index (χ2v) is 2.73. The van der Waals surface area contributed by atoms with E-state index in [1.807, 2.05) is 0 Å². The number of hydrogen-bond donors (Lipinski definition) is 1. The van der Waals surface area contributed by atoms with Gasteiger partial charge in [-0.3, -0.25) is 0 Å². The molecule has 0 spiro atoms. The third-order valence-corrected chi connectivity index (χ3v) is 1.93. The molecule has 1 heterocycles. The molecule has 1 aromatic heterocycles. The number of thiazole rings is 1. The number of aromatic nitrogens is 1. The monoisotopic (exact) mass is 170 g/mol. The van der Waals surface area contributed by atoms with E-state index in [1.165, 1.54) is 11.3 Å². The van der Waals surface area contributed by atoms with Gasteiger partial charge in [0.1, 0.15) is 11.1 Å². The molecule has 1 atom stereocenters. The Balaban J connectivity index is 2.55. The highest BCUT2D eigenvalue weighted by Crippen LogP contribution is 2.14. The van der Waals surface area contributed by atoms with Crippen molar-refractivity contribution in [2.75, 3.05) is 6.54 Å². The lowest BCUT2D eigenvalue weighted by Crippen LogP contribution is -1.99. The van der Waals surface area contributed by atoms with Crippen molar-refractivity contribution in [1.82, 2.24) is 4.98 Å². The Hall–Kier alpha value is -1.10. The minimum atomic E-state index is -0.758. The standard InChI is InChI=1S/C5H6N4OS/c6-9-8-3-4(10)5-7-1-2-11-5/h1-2,4,10H,3H2. The SMILES string of the molecule is [N-]=[N+]=NCC(O)c1nccs1. The fourth-order valence-corrected chi connectivity index (χ4v) is 1.21. The number of hydrogen-bond acceptors (Lipinski definition) is 4. The average molecular weight is 170 g/mol. The third-order valence-electron chi connectivity index (χ3n) is 1.05. The first-order valence-electron chi connectivity index (χ1n) is 2.93. The summed E-state index contributed by atoms with van der Waals surface area (Å²) in [5.41, 5.74) is 7.94. The van der Waals surface area contributed by atoms with Gasteiger partial charge in [-0.1, -0.05) is 5.11 Å². The molecule has 58 valence electrons. The van der Waals surface area contributed by atoms with Crippen LogP contribution in [0.4, 0.5) is 0 Å². The molecule has 6 heteroatoms. The number of rotatable bonds is 3. The average Bonchev–Trinajstić information content (AvgIpc) is 2.52. The molecule has 1 aromatic rings. The first-order valence-corrected chi connectivity index (χ1v) is 3.81. The number of aliphatic hydroxyl groups excluding tert-OH is 1. The molecule has 1 N–H and O–H groups in total. The molecule has 5 nitrogen and oxygen atoms in total. The summed E-state index contributed by atoms with van der Waals surface area (Å²) in [6, 6.07) is 0. The van der Waals surface area contributed by atoms with E-state index in [9.17, 15) is 5.11 Å². The van der Waals surface area contributed by atoms with Crippen molar-refractivity contribution in [3.8, 4) is 0 Å². The second kappa shape index (κ2) is 3.92. The maximum absolute atomic E-state index is 9.22. The number of aliphatic hydroxyl groups is 1. The van der Waals surface area contributed by atoms with Crippen molar-refractivity contribution >= 4 is 11.3 Å². The minimum absolute atomic E-state index is 0.0456. The Morgan fingerprint density at radius 3 is 3.27 bits per heavy atom. The molecule has 0 saturated heterocycles. The van der Waals surface area contributed by atoms with Gasteiger partial charge in [-0.25, -0.2) is 4.98 Å². The van der Waals surface area contributed by atoms with Gasteiger partial charge in [-0.05, 0) is 5.53 Å². The van der Waals surface area contributed by atoms with E-state index in [0.29, 0.717) is 5.01 Å². The maximum atomic E-state index is 9.22. The molecule has 0 amide bonds. The van der Waals surface area contributed by atoms with E-state index in [4.69, 9.17) is 5.53 Å². The van der Waals surface area contributed by atoms with E-state index < -0.39 is 6.10 Å². The van der Waals surface area contributed by atoms with Crippen molar-refractivity contribution in [3.05, 3.63) is 27.0 Å². The summed E-state index contributed by atoms with van der Waals surface area (Å²) in [5.74, 6) is 0. The molecular weight excluding hydrogens is 164 g/mol. The lowest BCUT2D eigenvalue weighted by molar-refractivity contribution is 0.186. The van der Waals surface area contributed by atoms with Crippen LogP contribution < -0.4 is 0 Å². The molecule has 0 aliphatic rings. The van der Waals surface area contributed by atoms with E-state index >= 15 is 0 Å². The molecule has 1 unspecified atom stereocenters. The van der Waals surface area contributed by atoms with Crippen LogP contribution in [0.3, 0.4) is 0 Å². The Labute approximate surface area is 66.9 Å². The van der Waals surface area contributed by atoms with Crippen molar-refractivity contribution < 1.29 is 5.11 Å². The zero-order valence-corrected chi connectivity index (χ0v) is 6.40. The number of azide groups is 1. The Morgan fingerprint density at radius 2 is 2.73 bits per heavy atom. The Morgan fingerprint density at radius 1 is 1.91 bits per heavy atom. The fourth-order valence-electron chi connectivity index (χ4n) is 0.591. The van der Waals surface area contributed by atoms with Crippen molar-refractivity contribution in [2.45, 2.75) is 6.10 Å². The quantitative estimate of drug-likeness (QED) is 0.423. The van der Waals surface area contributed by atoms with Gasteiger partial charge in [0.15, 0.2) is 0 Å². The summed E-state index contributed by atoms with van der Waals surface area (Å²) in [6.07, 6.45) is 0.838. The van der Waals surface area contributed by atoms with Gasteiger partial charge < -0.3 is 5.11 Å². The molecule has 0 aliphatic carbocycles. The van der Waals surface area contributed by atoms with E-state index in [-0.39, 0.29) is 6.54 Å². The van der Waals surface area contributed by atoms with Crippen LogP contribution in [-0.4, -0.2) is 16.6 Å². The van der Waals surface area contributed by atoms with E-state index in [0.717, 1.165) is 0 Å². The van der Waals surface area contributed by atoms with Crippen LogP contribution in [0.15, 0.2) is 16.7 Å². The zero-order chi connectivity index (χ0) is 8.10. The summed E-state index contributed by atoms with van der Waals surface area (Å²) in [5, 5.41) is 14.8. The summed E-state index contributed by atoms with van der Waals surface area (Å²) < 4.78 is 0. The summed E-state index contributed by atoms with van der Waals surface area (Å²) in [6.45, 7) is 0.0456. The summed E-state index contributed by atoms with van der Waals surface area (Å²) in [7, 11) is 0. The van der Waals surface area contributed by atoms with Crippen LogP contribution in [0.5, 0.6) is 0 Å². The smallest absolute Gasteiger partial charge is 0.121 e. The molecule has 0 aromatic carbocycles. The molecule has 0 fully saturated rings. The van der Waals surface area contributed by atoms with Gasteiger partial charge in [-0.15, -0.1) is 11.3 Å². The molecule has 0 radical (unpaired) electrons. The first kappa shape index (κ1) is 8.00. The third kappa shape index (κ3) is 2.19. The Kier molecular flexibility index (Phi) is 2.85. The second-order valence-electron chi connectivity index (χ2n) is 1.80. The maximum Gasteiger partial charge on any atom is 0.121 e. The van der Waals surface area contributed by atoms with E-state index in [1.54, 1.807) is 11.6 Å². The van der Waals surface area contributed by atoms with Crippen molar-refractivity contribution in [1.29, 1.82) is 0 Å². The van der Waals surface area contributed by atoms with Crippen molar-refractivity contribution in [3.63, 3.8) is 0 Å². The van der Waals surface area contributed by atoms with Crippen molar-refractivity contribution in [2.24, 2.45) is 5.11 Å². The van der Waals surface area contributed by atoms with Gasteiger partial charge in [0, 0.05) is 16.5 Å². The predicted octanol–water partition coefficient (Wildman–Crippen LogP) is 1.49. The van der Waals surface area contributed by atoms with Gasteiger partial charge in [-0.2, -0.15) is 0 Å². The molecule has 0 saturated carbocycles. The largest absolute Gasteiger partial charge is 0.386 e. The highest BCUT2D eigenvalue weighted by Gasteiger charge is 2.07. The topological polar surface area (TPSA) is 81.9 Å². The van der Waals surface area contributed by atoms with Gasteiger partial charge in [0.25, 0.3) is 0 Å². The fraction of sp³-hybridized carbons (Fsp3) is 0.400. The minimum Gasteiger partial charge on any atom is -0.386 e. The molecule has 1 rings (SSSR count). The lowest BCUT2D eigenvalue weighted by Gasteiger charge is -1.99. The highest BCUT2D eigenvalue weighted by atomic mass is 32.1. The molecule has 11 heavy (non-hydrogen) atoms. The van der Waals surface area contributed by atoms with Crippen LogP contribution in [0.2, 0.25) is 0 Å². The number of nitrogens with zero attached hydrogens (tertiary/aromatic N) is 4. The zero-order valence-electron chi connectivity index (χ0n) is 5.58. The highest BCUT2D eigenvalue weighted by molar-refractivity contribution is 7.09. The van der Waals surface area contributed by atoms with E-state index in [2.05, 4.69) is 15.0 Å². The van der Waals surface area contributed by atoms with Crippen LogP contribution in [0.1, 0.15) is 11.1 Å². The van der Waals surface area contributed by atoms with Crippen LogP contribution >= 0.6 is 11.3 Å². The molecular formula is C5H6N4OS. The van der Waals surface area contributed by atoms with Gasteiger partial charge in [0.05, 0.1) is 6.54 Å². The van der Waals surface area contributed by atoms with Gasteiger partial charge >= 0.3 is 0 Å². The Bertz CT molecular complexity index is 253. The normalized spacial score (nSPS) is 12.1. The molecule has 0 bridgehead atoms. The van der Waals surface area contributed by atoms with Crippen LogP contribution in [0.25, 0.3) is 10.4 Å². The first-order chi connectivity index (χ1) is 5.34. The predicted molar refractivity (Wildman–Crippen MR) is 41.1 cm³/mol. The summed E-state index contributed by atoms with van der Waals surface area (Å²) in [4.78, 5) is 6.38. The van der Waals surface area contributed by atoms with Gasteiger partial charge in [0.2, 0.25) is 0 Å². The lowest BCUT2D eigenvalue weighted by atomic mass is 10.4. The summed E-state index contributed by atoms with van der Waals surface area (Å²) >= 11 is 1.34.